The van der Waals surface area contributed by atoms with Gasteiger partial charge in [0.05, 0.1) is 11.2 Å². The molecule has 1 aliphatic heterocycles. The summed E-state index contributed by atoms with van der Waals surface area (Å²) < 4.78 is 5.73. The van der Waals surface area contributed by atoms with Crippen molar-refractivity contribution in [1.82, 2.24) is 10.3 Å². The molecule has 8 heteroatoms. The zero-order valence-electron chi connectivity index (χ0n) is 11.7. The first-order valence-corrected chi connectivity index (χ1v) is 6.97. The van der Waals surface area contributed by atoms with Crippen molar-refractivity contribution in [3.63, 3.8) is 0 Å². The highest BCUT2D eigenvalue weighted by molar-refractivity contribution is 6.30. The predicted octanol–water partition coefficient (Wildman–Crippen LogP) is 1.58. The van der Waals surface area contributed by atoms with Crippen LogP contribution in [0.5, 0.6) is 5.75 Å². The molecule has 0 radical (unpaired) electrons. The fourth-order valence-corrected chi connectivity index (χ4v) is 1.88. The third kappa shape index (κ3) is 8.23. The van der Waals surface area contributed by atoms with E-state index in [0.29, 0.717) is 17.2 Å². The lowest BCUT2D eigenvalue weighted by molar-refractivity contribution is -0.134. The third-order valence-electron chi connectivity index (χ3n) is 2.60. The number of nitrogens with zero attached hydrogens (tertiary/aromatic N) is 1. The van der Waals surface area contributed by atoms with Gasteiger partial charge < -0.3 is 20.3 Å². The van der Waals surface area contributed by atoms with E-state index in [1.165, 1.54) is 6.42 Å². The van der Waals surface area contributed by atoms with E-state index in [1.54, 1.807) is 18.5 Å². The molecule has 1 aromatic rings. The number of hydrogen-bond donors (Lipinski definition) is 3. The molecule has 1 unspecified atom stereocenters. The monoisotopic (exact) mass is 328 g/mol. The Bertz CT molecular complexity index is 514. The Morgan fingerprint density at radius 2 is 2.00 bits per heavy atom. The maximum Gasteiger partial charge on any atom is 0.328 e. The number of piperidine rings is 1. The molecule has 1 atom stereocenters. The largest absolute Gasteiger partial charge is 0.487 e. The number of ether oxygens (including phenoxy) is 1. The van der Waals surface area contributed by atoms with Crippen LogP contribution in [0.3, 0.4) is 0 Å². The van der Waals surface area contributed by atoms with Gasteiger partial charge in [-0.05, 0) is 19.4 Å². The number of aromatic nitrogens is 1. The van der Waals surface area contributed by atoms with Crippen molar-refractivity contribution in [2.45, 2.75) is 18.9 Å². The number of carboxylic acid groups (broad SMARTS) is 2. The first kappa shape index (κ1) is 17.9. The molecule has 7 nitrogen and oxygen atoms in total. The van der Waals surface area contributed by atoms with Crippen LogP contribution in [0.2, 0.25) is 5.02 Å². The summed E-state index contributed by atoms with van der Waals surface area (Å²) in [5.41, 5.74) is 0. The van der Waals surface area contributed by atoms with Crippen molar-refractivity contribution in [2.75, 3.05) is 13.1 Å². The van der Waals surface area contributed by atoms with Crippen LogP contribution >= 0.6 is 11.6 Å². The summed E-state index contributed by atoms with van der Waals surface area (Å²) in [7, 11) is 0. The van der Waals surface area contributed by atoms with E-state index in [2.05, 4.69) is 10.3 Å². The van der Waals surface area contributed by atoms with Crippen LogP contribution < -0.4 is 10.1 Å². The van der Waals surface area contributed by atoms with Crippen molar-refractivity contribution >= 4 is 23.5 Å². The van der Waals surface area contributed by atoms with Gasteiger partial charge in [-0.2, -0.15) is 0 Å². The number of halogens is 1. The number of nitrogens with one attached hydrogen (secondary N) is 1. The van der Waals surface area contributed by atoms with E-state index >= 15 is 0 Å². The Morgan fingerprint density at radius 1 is 1.32 bits per heavy atom. The SMILES string of the molecule is Clc1cncc(OC2CCCNC2)c1.O=C(O)/C=C/C(=O)O. The fourth-order valence-electron chi connectivity index (χ4n) is 1.71. The van der Waals surface area contributed by atoms with Crippen molar-refractivity contribution in [1.29, 1.82) is 0 Å². The smallest absolute Gasteiger partial charge is 0.328 e. The first-order valence-electron chi connectivity index (χ1n) is 6.59. The Morgan fingerprint density at radius 3 is 2.50 bits per heavy atom. The summed E-state index contributed by atoms with van der Waals surface area (Å²) >= 11 is 5.80. The van der Waals surface area contributed by atoms with Crippen LogP contribution in [0.15, 0.2) is 30.6 Å². The van der Waals surface area contributed by atoms with Gasteiger partial charge in [-0.1, -0.05) is 11.6 Å². The van der Waals surface area contributed by atoms with E-state index in [4.69, 9.17) is 26.6 Å². The molecular weight excluding hydrogens is 312 g/mol. The van der Waals surface area contributed by atoms with Gasteiger partial charge in [-0.15, -0.1) is 0 Å². The van der Waals surface area contributed by atoms with Crippen molar-refractivity contribution in [3.05, 3.63) is 35.6 Å². The number of pyridine rings is 1. The normalized spacial score (nSPS) is 17.4. The Kier molecular flexibility index (Phi) is 7.95. The summed E-state index contributed by atoms with van der Waals surface area (Å²) in [6.45, 7) is 2.00. The molecule has 120 valence electrons. The van der Waals surface area contributed by atoms with Crippen LogP contribution in [0.4, 0.5) is 0 Å². The molecule has 0 saturated carbocycles. The molecule has 0 aromatic carbocycles. The summed E-state index contributed by atoms with van der Waals surface area (Å²) in [6.07, 6.45) is 6.93. The van der Waals surface area contributed by atoms with Crippen molar-refractivity contribution in [2.24, 2.45) is 0 Å². The fraction of sp³-hybridized carbons (Fsp3) is 0.357. The van der Waals surface area contributed by atoms with Crippen molar-refractivity contribution < 1.29 is 24.5 Å². The molecule has 1 aliphatic rings. The molecule has 0 spiro atoms. The second-order valence-corrected chi connectivity index (χ2v) is 4.87. The van der Waals surface area contributed by atoms with Crippen LogP contribution in [-0.4, -0.2) is 46.3 Å². The summed E-state index contributed by atoms with van der Waals surface area (Å²) in [6, 6.07) is 1.79. The molecule has 1 fully saturated rings. The minimum Gasteiger partial charge on any atom is -0.487 e. The maximum absolute atomic E-state index is 9.55. The lowest BCUT2D eigenvalue weighted by atomic mass is 10.1. The van der Waals surface area contributed by atoms with Gasteiger partial charge >= 0.3 is 11.9 Å². The lowest BCUT2D eigenvalue weighted by Crippen LogP contribution is -2.37. The standard InChI is InChI=1S/C10H13ClN2O.C4H4O4/c11-8-4-10(7-13-5-8)14-9-2-1-3-12-6-9;5-3(6)1-2-4(7)8/h4-5,7,9,12H,1-3,6H2;1-2H,(H,5,6)(H,7,8)/b;2-1+. The topological polar surface area (TPSA) is 109 Å². The van der Waals surface area contributed by atoms with Crippen LogP contribution in [-0.2, 0) is 9.59 Å². The van der Waals surface area contributed by atoms with Gasteiger partial charge in [0.2, 0.25) is 0 Å². The molecule has 2 rings (SSSR count). The average molecular weight is 329 g/mol. The van der Waals surface area contributed by atoms with Crippen LogP contribution in [0, 0.1) is 0 Å². The molecule has 0 aliphatic carbocycles. The van der Waals surface area contributed by atoms with E-state index in [9.17, 15) is 9.59 Å². The highest BCUT2D eigenvalue weighted by Crippen LogP contribution is 2.18. The number of rotatable bonds is 4. The van der Waals surface area contributed by atoms with Gasteiger partial charge in [0, 0.05) is 31.0 Å². The molecule has 0 amide bonds. The molecule has 2 heterocycles. The molecule has 3 N–H and O–H groups in total. The second-order valence-electron chi connectivity index (χ2n) is 4.43. The quantitative estimate of drug-likeness (QED) is 0.720. The lowest BCUT2D eigenvalue weighted by Gasteiger charge is -2.23. The minimum absolute atomic E-state index is 0.254. The number of carboxylic acids is 2. The number of carbonyl (C=O) groups is 2. The highest BCUT2D eigenvalue weighted by Gasteiger charge is 2.14. The van der Waals surface area contributed by atoms with Gasteiger partial charge in [0.1, 0.15) is 11.9 Å². The molecule has 1 aromatic heterocycles. The summed E-state index contributed by atoms with van der Waals surface area (Å²) in [5.74, 6) is -1.76. The number of hydrogen-bond acceptors (Lipinski definition) is 5. The van der Waals surface area contributed by atoms with E-state index in [-0.39, 0.29) is 6.10 Å². The molecule has 22 heavy (non-hydrogen) atoms. The predicted molar refractivity (Wildman–Crippen MR) is 80.2 cm³/mol. The summed E-state index contributed by atoms with van der Waals surface area (Å²) in [5, 5.41) is 19.5. The molecule has 0 bridgehead atoms. The first-order chi connectivity index (χ1) is 10.5. The summed E-state index contributed by atoms with van der Waals surface area (Å²) in [4.78, 5) is 23.1. The molecule has 1 saturated heterocycles. The third-order valence-corrected chi connectivity index (χ3v) is 2.81. The Labute approximate surface area is 132 Å². The van der Waals surface area contributed by atoms with Gasteiger partial charge in [-0.25, -0.2) is 9.59 Å². The highest BCUT2D eigenvalue weighted by atomic mass is 35.5. The van der Waals surface area contributed by atoms with E-state index < -0.39 is 11.9 Å². The maximum atomic E-state index is 9.55. The van der Waals surface area contributed by atoms with E-state index in [0.717, 1.165) is 25.3 Å². The molecular formula is C14H17ClN2O5. The Balaban J connectivity index is 0.000000261. The second kappa shape index (κ2) is 9.75. The zero-order chi connectivity index (χ0) is 16.4. The van der Waals surface area contributed by atoms with Crippen molar-refractivity contribution in [3.8, 4) is 5.75 Å². The minimum atomic E-state index is -1.26. The van der Waals surface area contributed by atoms with Gasteiger partial charge in [0.25, 0.3) is 0 Å². The van der Waals surface area contributed by atoms with Crippen LogP contribution in [0.25, 0.3) is 0 Å². The average Bonchev–Trinajstić information content (AvgIpc) is 2.47. The van der Waals surface area contributed by atoms with E-state index in [1.807, 2.05) is 0 Å². The Hall–Kier alpha value is -2.12. The van der Waals surface area contributed by atoms with Crippen LogP contribution in [0.1, 0.15) is 12.8 Å². The number of aliphatic carboxylic acids is 2. The van der Waals surface area contributed by atoms with Gasteiger partial charge in [-0.3, -0.25) is 4.98 Å². The van der Waals surface area contributed by atoms with Gasteiger partial charge in [0.15, 0.2) is 0 Å². The zero-order valence-corrected chi connectivity index (χ0v) is 12.5.